The summed E-state index contributed by atoms with van der Waals surface area (Å²) in [5.74, 6) is -1.02. The summed E-state index contributed by atoms with van der Waals surface area (Å²) in [6, 6.07) is 11.5. The maximum absolute atomic E-state index is 12.9. The first-order valence-electron chi connectivity index (χ1n) is 9.61. The van der Waals surface area contributed by atoms with Gasteiger partial charge in [-0.25, -0.2) is 8.42 Å². The molecule has 0 aliphatic rings. The molecule has 0 bridgehead atoms. The average molecular weight is 476 g/mol. The van der Waals surface area contributed by atoms with Crippen LogP contribution in [0.2, 0.25) is 5.02 Å². The zero-order valence-electron chi connectivity index (χ0n) is 17.6. The highest BCUT2D eigenvalue weighted by atomic mass is 35.5. The molecule has 3 N–H and O–H groups in total. The Morgan fingerprint density at radius 1 is 1.06 bits per heavy atom. The zero-order valence-corrected chi connectivity index (χ0v) is 19.2. The molecule has 1 heterocycles. The first kappa shape index (κ1) is 23.4. The highest BCUT2D eigenvalue weighted by Gasteiger charge is 2.22. The first-order chi connectivity index (χ1) is 15.1. The van der Waals surface area contributed by atoms with Gasteiger partial charge in [-0.3, -0.25) is 14.3 Å². The molecule has 2 aromatic carbocycles. The van der Waals surface area contributed by atoms with E-state index in [1.807, 2.05) is 13.0 Å². The summed E-state index contributed by atoms with van der Waals surface area (Å²) in [4.78, 5) is 24.3. The summed E-state index contributed by atoms with van der Waals surface area (Å²) < 4.78 is 33.4. The molecule has 0 saturated heterocycles. The molecule has 1 aromatic heterocycles. The summed E-state index contributed by atoms with van der Waals surface area (Å²) in [7, 11) is -4.02. The maximum Gasteiger partial charge on any atom is 0.287 e. The zero-order chi connectivity index (χ0) is 23.5. The van der Waals surface area contributed by atoms with Crippen LogP contribution < -0.4 is 15.4 Å². The van der Waals surface area contributed by atoms with Gasteiger partial charge in [0.25, 0.3) is 15.9 Å². The molecule has 1 atom stereocenters. The molecular formula is C22H22ClN3O5S. The predicted octanol–water partition coefficient (Wildman–Crippen LogP) is 4.11. The topological polar surface area (TPSA) is 118 Å². The van der Waals surface area contributed by atoms with Crippen LogP contribution in [0, 0.1) is 13.8 Å². The Balaban J connectivity index is 1.75. The van der Waals surface area contributed by atoms with Gasteiger partial charge in [0.2, 0.25) is 5.91 Å². The van der Waals surface area contributed by atoms with Crippen molar-refractivity contribution in [3.63, 3.8) is 0 Å². The van der Waals surface area contributed by atoms with Crippen LogP contribution in [-0.4, -0.2) is 26.3 Å². The summed E-state index contributed by atoms with van der Waals surface area (Å²) >= 11 is 6.14. The van der Waals surface area contributed by atoms with Crippen LogP contribution in [0.15, 0.2) is 64.1 Å². The molecule has 3 rings (SSSR count). The second-order valence-corrected chi connectivity index (χ2v) is 9.29. The Hall–Kier alpha value is -3.30. The molecule has 0 fully saturated rings. The largest absolute Gasteiger partial charge is 0.459 e. The number of sulfonamides is 1. The van der Waals surface area contributed by atoms with Gasteiger partial charge in [0.1, 0.15) is 10.9 Å². The van der Waals surface area contributed by atoms with Crippen molar-refractivity contribution in [3.05, 3.63) is 76.7 Å². The van der Waals surface area contributed by atoms with E-state index in [1.165, 1.54) is 37.5 Å². The average Bonchev–Trinajstić information content (AvgIpc) is 3.26. The van der Waals surface area contributed by atoms with E-state index in [0.29, 0.717) is 5.69 Å². The number of aryl methyl sites for hydroxylation is 2. The lowest BCUT2D eigenvalue weighted by Crippen LogP contribution is -2.41. The second kappa shape index (κ2) is 9.46. The number of nitrogens with one attached hydrogen (secondary N) is 3. The fourth-order valence-corrected chi connectivity index (χ4v) is 4.56. The lowest BCUT2D eigenvalue weighted by atomic mass is 10.1. The molecule has 3 aromatic rings. The van der Waals surface area contributed by atoms with Gasteiger partial charge in [0.15, 0.2) is 5.76 Å². The quantitative estimate of drug-likeness (QED) is 0.475. The summed E-state index contributed by atoms with van der Waals surface area (Å²) in [6.45, 7) is 5.19. The summed E-state index contributed by atoms with van der Waals surface area (Å²) in [5, 5.41) is 5.08. The minimum Gasteiger partial charge on any atom is -0.459 e. The fraction of sp³-hybridized carbons (Fsp3) is 0.182. The number of hydrogen-bond donors (Lipinski definition) is 3. The highest BCUT2D eigenvalue weighted by Crippen LogP contribution is 2.28. The standard InChI is InChI=1S/C22H22ClN3O5S/c1-13-6-9-18(14(2)11-13)26-32(29,30)20-12-16(7-8-17(20)23)25-21(27)15(3)24-22(28)19-5-4-10-31-19/h4-12,15,26H,1-3H3,(H,24,28)(H,25,27)/t15-/m1/s1. The molecule has 0 unspecified atom stereocenters. The van der Waals surface area contributed by atoms with Crippen molar-refractivity contribution in [1.82, 2.24) is 5.32 Å². The number of anilines is 2. The lowest BCUT2D eigenvalue weighted by molar-refractivity contribution is -0.117. The van der Waals surface area contributed by atoms with E-state index in [4.69, 9.17) is 16.0 Å². The van der Waals surface area contributed by atoms with E-state index in [-0.39, 0.29) is 21.4 Å². The van der Waals surface area contributed by atoms with Gasteiger partial charge in [-0.1, -0.05) is 29.3 Å². The number of halogens is 1. The number of furan rings is 1. The van der Waals surface area contributed by atoms with Crippen LogP contribution in [0.1, 0.15) is 28.6 Å². The molecule has 168 valence electrons. The summed E-state index contributed by atoms with van der Waals surface area (Å²) in [5.41, 5.74) is 2.39. The van der Waals surface area contributed by atoms with E-state index in [1.54, 1.807) is 25.1 Å². The third kappa shape index (κ3) is 5.49. The molecule has 32 heavy (non-hydrogen) atoms. The predicted molar refractivity (Wildman–Crippen MR) is 122 cm³/mol. The third-order valence-electron chi connectivity index (χ3n) is 4.60. The third-order valence-corrected chi connectivity index (χ3v) is 6.45. The van der Waals surface area contributed by atoms with Gasteiger partial charge in [-0.15, -0.1) is 0 Å². The highest BCUT2D eigenvalue weighted by molar-refractivity contribution is 7.92. The monoisotopic (exact) mass is 475 g/mol. The normalized spacial score (nSPS) is 12.1. The molecule has 2 amide bonds. The van der Waals surface area contributed by atoms with Crippen molar-refractivity contribution in [2.24, 2.45) is 0 Å². The number of rotatable bonds is 7. The van der Waals surface area contributed by atoms with E-state index in [2.05, 4.69) is 15.4 Å². The van der Waals surface area contributed by atoms with Gasteiger partial charge >= 0.3 is 0 Å². The van der Waals surface area contributed by atoms with Crippen molar-refractivity contribution in [3.8, 4) is 0 Å². The van der Waals surface area contributed by atoms with E-state index in [9.17, 15) is 18.0 Å². The van der Waals surface area contributed by atoms with Crippen LogP contribution in [0.4, 0.5) is 11.4 Å². The Kier molecular flexibility index (Phi) is 6.90. The minimum atomic E-state index is -4.02. The number of amides is 2. The Morgan fingerprint density at radius 3 is 2.47 bits per heavy atom. The number of hydrogen-bond acceptors (Lipinski definition) is 5. The Bertz CT molecular complexity index is 1260. The SMILES string of the molecule is Cc1ccc(NS(=O)(=O)c2cc(NC(=O)[C@@H](C)NC(=O)c3ccco3)ccc2Cl)c(C)c1. The van der Waals surface area contributed by atoms with Crippen LogP contribution >= 0.6 is 11.6 Å². The molecule has 0 saturated carbocycles. The number of carbonyl (C=O) groups is 2. The van der Waals surface area contributed by atoms with Crippen LogP contribution in [0.3, 0.4) is 0 Å². The van der Waals surface area contributed by atoms with Crippen molar-refractivity contribution in [1.29, 1.82) is 0 Å². The summed E-state index contributed by atoms with van der Waals surface area (Å²) in [6.07, 6.45) is 1.35. The number of benzene rings is 2. The van der Waals surface area contributed by atoms with Gasteiger partial charge in [0.05, 0.1) is 17.0 Å². The van der Waals surface area contributed by atoms with Crippen molar-refractivity contribution in [2.45, 2.75) is 31.7 Å². The Morgan fingerprint density at radius 2 is 1.81 bits per heavy atom. The molecule has 0 radical (unpaired) electrons. The maximum atomic E-state index is 12.9. The van der Waals surface area contributed by atoms with Crippen LogP contribution in [0.25, 0.3) is 0 Å². The van der Waals surface area contributed by atoms with Crippen molar-refractivity contribution < 1.29 is 22.4 Å². The van der Waals surface area contributed by atoms with Crippen molar-refractivity contribution >= 4 is 44.8 Å². The van der Waals surface area contributed by atoms with Gasteiger partial charge < -0.3 is 15.1 Å². The lowest BCUT2D eigenvalue weighted by Gasteiger charge is -2.15. The van der Waals surface area contributed by atoms with Crippen LogP contribution in [0.5, 0.6) is 0 Å². The van der Waals surface area contributed by atoms with E-state index in [0.717, 1.165) is 11.1 Å². The molecule has 0 aliphatic heterocycles. The first-order valence-corrected chi connectivity index (χ1v) is 11.5. The van der Waals surface area contributed by atoms with Crippen LogP contribution in [-0.2, 0) is 14.8 Å². The van der Waals surface area contributed by atoms with Gasteiger partial charge in [-0.05, 0) is 62.7 Å². The fourth-order valence-electron chi connectivity index (χ4n) is 2.91. The smallest absolute Gasteiger partial charge is 0.287 e. The van der Waals surface area contributed by atoms with Crippen molar-refractivity contribution in [2.75, 3.05) is 10.0 Å². The molecular weight excluding hydrogens is 454 g/mol. The molecule has 8 nitrogen and oxygen atoms in total. The van der Waals surface area contributed by atoms with E-state index >= 15 is 0 Å². The van der Waals surface area contributed by atoms with Gasteiger partial charge in [0, 0.05) is 5.69 Å². The molecule has 10 heteroatoms. The number of carbonyl (C=O) groups excluding carboxylic acids is 2. The van der Waals surface area contributed by atoms with Gasteiger partial charge in [-0.2, -0.15) is 0 Å². The second-order valence-electron chi connectivity index (χ2n) is 7.23. The Labute approximate surface area is 191 Å². The van der Waals surface area contributed by atoms with E-state index < -0.39 is 27.9 Å². The minimum absolute atomic E-state index is 0.000524. The molecule has 0 aliphatic carbocycles. The molecule has 0 spiro atoms.